The van der Waals surface area contributed by atoms with Gasteiger partial charge >= 0.3 is 0 Å². The number of aromatic amines is 1. The van der Waals surface area contributed by atoms with Gasteiger partial charge in [0.2, 0.25) is 0 Å². The van der Waals surface area contributed by atoms with Crippen molar-refractivity contribution >= 4 is 5.65 Å². The Balaban J connectivity index is 0.000000190. The molecule has 8 heteroatoms. The molecule has 1 unspecified atom stereocenters. The minimum Gasteiger partial charge on any atom is -0.474 e. The molecule has 1 fully saturated rings. The Morgan fingerprint density at radius 3 is 2.82 bits per heavy atom. The van der Waals surface area contributed by atoms with Crippen molar-refractivity contribution in [1.29, 1.82) is 0 Å². The number of imidazole rings is 1. The molecule has 178 valence electrons. The Kier molecular flexibility index (Phi) is 7.56. The van der Waals surface area contributed by atoms with Crippen LogP contribution >= 0.6 is 0 Å². The van der Waals surface area contributed by atoms with Gasteiger partial charge < -0.3 is 14.6 Å². The van der Waals surface area contributed by atoms with Crippen LogP contribution in [-0.2, 0) is 4.74 Å². The van der Waals surface area contributed by atoms with E-state index in [1.165, 1.54) is 31.2 Å². The number of H-pyrrole nitrogens is 1. The first kappa shape index (κ1) is 24.5. The summed E-state index contributed by atoms with van der Waals surface area (Å²) in [6, 6.07) is 4.29. The van der Waals surface area contributed by atoms with Crippen molar-refractivity contribution in [3.05, 3.63) is 64.9 Å². The number of aryl methyl sites for hydroxylation is 1. The fraction of sp³-hybridized carbons (Fsp3) is 0.480. The Morgan fingerprint density at radius 1 is 1.39 bits per heavy atom. The highest BCUT2D eigenvalue weighted by Crippen LogP contribution is 2.24. The number of hydrogen-bond acceptors (Lipinski definition) is 5. The molecule has 4 heterocycles. The van der Waals surface area contributed by atoms with E-state index in [2.05, 4.69) is 54.1 Å². The van der Waals surface area contributed by atoms with E-state index in [1.807, 2.05) is 0 Å². The van der Waals surface area contributed by atoms with Crippen LogP contribution in [0.3, 0.4) is 0 Å². The van der Waals surface area contributed by atoms with E-state index in [1.54, 1.807) is 23.6 Å². The zero-order chi connectivity index (χ0) is 24.2. The fourth-order valence-electron chi connectivity index (χ4n) is 3.70. The van der Waals surface area contributed by atoms with Crippen molar-refractivity contribution in [2.24, 2.45) is 5.92 Å². The lowest BCUT2D eigenvalue weighted by Crippen LogP contribution is -2.37. The first-order valence-electron chi connectivity index (χ1n) is 11.4. The predicted octanol–water partition coefficient (Wildman–Crippen LogP) is 4.93. The number of aromatic nitrogens is 4. The van der Waals surface area contributed by atoms with Gasteiger partial charge in [0.1, 0.15) is 22.8 Å². The van der Waals surface area contributed by atoms with E-state index >= 15 is 0 Å². The largest absolute Gasteiger partial charge is 0.474 e. The molecular weight excluding hydrogens is 421 g/mol. The molecule has 3 aromatic rings. The molecule has 1 aliphatic heterocycles. The quantitative estimate of drug-likeness (QED) is 0.552. The van der Waals surface area contributed by atoms with Gasteiger partial charge in [-0.2, -0.15) is 0 Å². The van der Waals surface area contributed by atoms with Crippen LogP contribution in [0.25, 0.3) is 17.2 Å². The monoisotopic (exact) mass is 455 g/mol. The highest BCUT2D eigenvalue weighted by atomic mass is 19.1. The molecule has 0 saturated carbocycles. The molecule has 0 aromatic carbocycles. The normalized spacial score (nSPS) is 16.3. The third-order valence-corrected chi connectivity index (χ3v) is 5.84. The van der Waals surface area contributed by atoms with Gasteiger partial charge in [-0.05, 0) is 64.7 Å². The van der Waals surface area contributed by atoms with Crippen LogP contribution < -0.4 is 5.56 Å². The van der Waals surface area contributed by atoms with E-state index in [-0.39, 0.29) is 17.0 Å². The average Bonchev–Trinajstić information content (AvgIpc) is 3.16. The summed E-state index contributed by atoms with van der Waals surface area (Å²) in [6.45, 7) is 16.6. The van der Waals surface area contributed by atoms with Gasteiger partial charge in [-0.15, -0.1) is 0 Å². The zero-order valence-corrected chi connectivity index (χ0v) is 20.2. The molecular formula is C25H34FN5O2. The van der Waals surface area contributed by atoms with Crippen LogP contribution in [0.1, 0.15) is 52.7 Å². The highest BCUT2D eigenvalue weighted by molar-refractivity contribution is 5.56. The number of piperidine rings is 1. The molecule has 0 radical (unpaired) electrons. The summed E-state index contributed by atoms with van der Waals surface area (Å²) < 4.78 is 20.7. The van der Waals surface area contributed by atoms with Gasteiger partial charge in [-0.1, -0.05) is 13.8 Å². The van der Waals surface area contributed by atoms with Gasteiger partial charge in [0.15, 0.2) is 11.7 Å². The van der Waals surface area contributed by atoms with Gasteiger partial charge in [0.05, 0.1) is 6.20 Å². The topological polar surface area (TPSA) is 75.5 Å². The van der Waals surface area contributed by atoms with Crippen LogP contribution in [0.4, 0.5) is 4.39 Å². The van der Waals surface area contributed by atoms with Crippen molar-refractivity contribution in [3.8, 4) is 11.5 Å². The summed E-state index contributed by atoms with van der Waals surface area (Å²) >= 11 is 0. The van der Waals surface area contributed by atoms with Gasteiger partial charge in [0.25, 0.3) is 5.56 Å². The Hall–Kier alpha value is -3.16. The number of hydrogen-bond donors (Lipinski definition) is 1. The standard InChI is InChI=1S/C13H25NO.C12H9FN4O/c1-6-13(4,5)15-12(3)14-9-7-8-11(2)10-14;1-7-4-11(18)16-12(15-7)9-5-14-10-3-2-8(13)6-17(9)10/h11H,3,6-10H2,1-2,4-5H3;2-6H,1H3,(H,15,16,18). The van der Waals surface area contributed by atoms with Crippen molar-refractivity contribution in [3.63, 3.8) is 0 Å². The van der Waals surface area contributed by atoms with Gasteiger partial charge in [-0.25, -0.2) is 14.4 Å². The molecule has 0 amide bonds. The van der Waals surface area contributed by atoms with Gasteiger partial charge in [-0.3, -0.25) is 9.20 Å². The third kappa shape index (κ3) is 6.43. The Bertz CT molecular complexity index is 1170. The lowest BCUT2D eigenvalue weighted by atomic mass is 10.0. The second-order valence-corrected chi connectivity index (χ2v) is 9.26. The van der Waals surface area contributed by atoms with E-state index in [0.717, 1.165) is 31.3 Å². The van der Waals surface area contributed by atoms with Crippen LogP contribution in [-0.4, -0.2) is 42.9 Å². The molecule has 1 N–H and O–H groups in total. The SMILES string of the molecule is C=C(OC(C)(C)CC)N1CCCC(C)C1.Cc1cc(=O)[nH]c(-c2cnc3ccc(F)cn23)n1. The molecule has 1 aliphatic rings. The molecule has 33 heavy (non-hydrogen) atoms. The third-order valence-electron chi connectivity index (χ3n) is 5.84. The maximum atomic E-state index is 13.2. The van der Waals surface area contributed by atoms with Crippen molar-refractivity contribution in [1.82, 2.24) is 24.3 Å². The molecule has 1 saturated heterocycles. The Labute approximate surface area is 194 Å². The Morgan fingerprint density at radius 2 is 2.15 bits per heavy atom. The molecule has 0 bridgehead atoms. The molecule has 4 rings (SSSR count). The second-order valence-electron chi connectivity index (χ2n) is 9.26. The number of rotatable bonds is 5. The van der Waals surface area contributed by atoms with Crippen LogP contribution in [0.15, 0.2) is 47.8 Å². The van der Waals surface area contributed by atoms with Gasteiger partial charge in [0, 0.05) is 31.0 Å². The van der Waals surface area contributed by atoms with E-state index < -0.39 is 0 Å². The molecule has 0 aliphatic carbocycles. The molecule has 7 nitrogen and oxygen atoms in total. The predicted molar refractivity (Wildman–Crippen MR) is 128 cm³/mol. The summed E-state index contributed by atoms with van der Waals surface area (Å²) in [7, 11) is 0. The molecule has 0 spiro atoms. The van der Waals surface area contributed by atoms with Crippen LogP contribution in [0.2, 0.25) is 0 Å². The number of nitrogens with zero attached hydrogens (tertiary/aromatic N) is 4. The number of halogens is 1. The summed E-state index contributed by atoms with van der Waals surface area (Å²) in [6.07, 6.45) is 6.46. The minimum absolute atomic E-state index is 0.0855. The maximum absolute atomic E-state index is 13.2. The maximum Gasteiger partial charge on any atom is 0.251 e. The lowest BCUT2D eigenvalue weighted by Gasteiger charge is -2.37. The van der Waals surface area contributed by atoms with Crippen molar-refractivity contribution < 1.29 is 9.13 Å². The molecule has 3 aromatic heterocycles. The highest BCUT2D eigenvalue weighted by Gasteiger charge is 2.23. The number of nitrogens with one attached hydrogen (secondary N) is 1. The van der Waals surface area contributed by atoms with E-state index in [0.29, 0.717) is 22.9 Å². The smallest absolute Gasteiger partial charge is 0.251 e. The minimum atomic E-state index is -0.378. The van der Waals surface area contributed by atoms with Crippen LogP contribution in [0, 0.1) is 18.7 Å². The first-order chi connectivity index (χ1) is 15.6. The second kappa shape index (κ2) is 10.2. The summed E-state index contributed by atoms with van der Waals surface area (Å²) in [4.78, 5) is 24.7. The number of likely N-dealkylation sites (tertiary alicyclic amines) is 1. The number of fused-ring (bicyclic) bond motifs is 1. The zero-order valence-electron chi connectivity index (χ0n) is 20.2. The average molecular weight is 456 g/mol. The first-order valence-corrected chi connectivity index (χ1v) is 11.4. The number of pyridine rings is 1. The van der Waals surface area contributed by atoms with E-state index in [9.17, 15) is 9.18 Å². The van der Waals surface area contributed by atoms with E-state index in [4.69, 9.17) is 4.74 Å². The van der Waals surface area contributed by atoms with Crippen LogP contribution in [0.5, 0.6) is 0 Å². The summed E-state index contributed by atoms with van der Waals surface area (Å²) in [5.41, 5.74) is 1.41. The fourth-order valence-corrected chi connectivity index (χ4v) is 3.70. The summed E-state index contributed by atoms with van der Waals surface area (Å²) in [5, 5.41) is 0. The van der Waals surface area contributed by atoms with Crippen molar-refractivity contribution in [2.75, 3.05) is 13.1 Å². The number of ether oxygens (including phenoxy) is 1. The van der Waals surface area contributed by atoms with Crippen molar-refractivity contribution in [2.45, 2.75) is 59.5 Å². The summed E-state index contributed by atoms with van der Waals surface area (Å²) in [5.74, 6) is 1.62. The lowest BCUT2D eigenvalue weighted by molar-refractivity contribution is -0.0208. The molecule has 1 atom stereocenters.